The molecule has 0 fully saturated rings. The van der Waals surface area contributed by atoms with Crippen LogP contribution in [-0.4, -0.2) is 30.0 Å². The molecule has 0 unspecified atom stereocenters. The van der Waals surface area contributed by atoms with Gasteiger partial charge in [-0.2, -0.15) is 0 Å². The van der Waals surface area contributed by atoms with E-state index in [1.165, 1.54) is 0 Å². The Labute approximate surface area is 142 Å². The number of carbonyl (C=O) groups excluding carboxylic acids is 2. The monoisotopic (exact) mass is 328 g/mol. The topological polar surface area (TPSA) is 68.3 Å². The van der Waals surface area contributed by atoms with Crippen molar-refractivity contribution in [2.45, 2.75) is 40.0 Å². The van der Waals surface area contributed by atoms with E-state index in [9.17, 15) is 9.59 Å². The van der Waals surface area contributed by atoms with Crippen molar-refractivity contribution in [3.63, 3.8) is 0 Å². The number of aromatic nitrogens is 1. The summed E-state index contributed by atoms with van der Waals surface area (Å²) in [7, 11) is 0. The summed E-state index contributed by atoms with van der Waals surface area (Å²) in [5.74, 6) is -0.278. The minimum atomic E-state index is -0.225. The molecule has 0 aliphatic rings. The molecule has 0 spiro atoms. The molecule has 1 N–H and O–H groups in total. The van der Waals surface area contributed by atoms with E-state index >= 15 is 0 Å². The van der Waals surface area contributed by atoms with Crippen molar-refractivity contribution in [1.82, 2.24) is 10.3 Å². The normalized spacial score (nSPS) is 10.6. The maximum atomic E-state index is 12.2. The number of ether oxygens (including phenoxy) is 1. The first kappa shape index (κ1) is 17.9. The third-order valence-corrected chi connectivity index (χ3v) is 4.01. The number of carbonyl (C=O) groups is 2. The Balaban J connectivity index is 1.94. The predicted molar refractivity (Wildman–Crippen MR) is 93.8 cm³/mol. The van der Waals surface area contributed by atoms with Crippen LogP contribution in [0.5, 0.6) is 0 Å². The van der Waals surface area contributed by atoms with Crippen molar-refractivity contribution in [2.75, 3.05) is 13.2 Å². The van der Waals surface area contributed by atoms with Gasteiger partial charge >= 0.3 is 5.97 Å². The Morgan fingerprint density at radius 3 is 2.71 bits per heavy atom. The van der Waals surface area contributed by atoms with Gasteiger partial charge in [0.1, 0.15) is 0 Å². The van der Waals surface area contributed by atoms with E-state index in [0.717, 1.165) is 27.7 Å². The Morgan fingerprint density at radius 2 is 1.96 bits per heavy atom. The molecular weight excluding hydrogens is 304 g/mol. The quantitative estimate of drug-likeness (QED) is 0.627. The molecule has 1 heterocycles. The molecule has 24 heavy (non-hydrogen) atoms. The highest BCUT2D eigenvalue weighted by Crippen LogP contribution is 2.22. The third-order valence-electron chi connectivity index (χ3n) is 4.01. The predicted octanol–water partition coefficient (Wildman–Crippen LogP) is 2.85. The number of benzene rings is 1. The number of aryl methyl sites for hydroxylation is 2. The average Bonchev–Trinajstić information content (AvgIpc) is 2.56. The van der Waals surface area contributed by atoms with Crippen LogP contribution >= 0.6 is 0 Å². The number of nitrogens with zero attached hydrogens (tertiary/aromatic N) is 1. The lowest BCUT2D eigenvalue weighted by Gasteiger charge is -2.12. The molecule has 0 atom stereocenters. The number of fused-ring (bicyclic) bond motifs is 1. The van der Waals surface area contributed by atoms with Gasteiger partial charge in [0.05, 0.1) is 18.5 Å². The van der Waals surface area contributed by atoms with Gasteiger partial charge in [-0.3, -0.25) is 14.6 Å². The fraction of sp³-hybridized carbons (Fsp3) is 0.421. The van der Waals surface area contributed by atoms with E-state index < -0.39 is 0 Å². The zero-order valence-electron chi connectivity index (χ0n) is 14.5. The van der Waals surface area contributed by atoms with Crippen LogP contribution in [0.3, 0.4) is 0 Å². The van der Waals surface area contributed by atoms with Crippen LogP contribution in [0.2, 0.25) is 0 Å². The highest BCUT2D eigenvalue weighted by molar-refractivity contribution is 5.86. The summed E-state index contributed by atoms with van der Waals surface area (Å²) >= 11 is 0. The molecule has 5 nitrogen and oxygen atoms in total. The molecule has 0 saturated heterocycles. The van der Waals surface area contributed by atoms with Crippen molar-refractivity contribution < 1.29 is 14.3 Å². The van der Waals surface area contributed by atoms with Crippen LogP contribution in [0.1, 0.15) is 36.6 Å². The molecule has 0 aliphatic carbocycles. The molecule has 1 aromatic heterocycles. The zero-order chi connectivity index (χ0) is 17.5. The van der Waals surface area contributed by atoms with Gasteiger partial charge in [0.2, 0.25) is 5.91 Å². The van der Waals surface area contributed by atoms with E-state index in [-0.39, 0.29) is 11.9 Å². The summed E-state index contributed by atoms with van der Waals surface area (Å²) in [6, 6.07) is 7.95. The number of hydrogen-bond acceptors (Lipinski definition) is 4. The zero-order valence-corrected chi connectivity index (χ0v) is 14.5. The SMILES string of the molecule is CCOC(=O)CCCNC(=O)Cc1c(C)nc2ccccc2c1C. The molecule has 0 aliphatic heterocycles. The molecule has 0 radical (unpaired) electrons. The summed E-state index contributed by atoms with van der Waals surface area (Å²) in [4.78, 5) is 28.0. The molecule has 2 rings (SSSR count). The molecule has 5 heteroatoms. The van der Waals surface area contributed by atoms with Crippen LogP contribution in [-0.2, 0) is 20.7 Å². The Kier molecular flexibility index (Phi) is 6.29. The minimum Gasteiger partial charge on any atom is -0.466 e. The molecule has 0 bridgehead atoms. The highest BCUT2D eigenvalue weighted by atomic mass is 16.5. The molecule has 2 aromatic rings. The Hall–Kier alpha value is -2.43. The number of pyridine rings is 1. The van der Waals surface area contributed by atoms with Gasteiger partial charge in [0.15, 0.2) is 0 Å². The van der Waals surface area contributed by atoms with Crippen LogP contribution in [0.15, 0.2) is 24.3 Å². The number of amides is 1. The van der Waals surface area contributed by atoms with E-state index in [4.69, 9.17) is 4.74 Å². The molecule has 1 amide bonds. The van der Waals surface area contributed by atoms with Crippen molar-refractivity contribution in [3.05, 3.63) is 41.1 Å². The van der Waals surface area contributed by atoms with Gasteiger partial charge in [-0.15, -0.1) is 0 Å². The van der Waals surface area contributed by atoms with Gasteiger partial charge in [0.25, 0.3) is 0 Å². The molecule has 0 saturated carbocycles. The maximum absolute atomic E-state index is 12.2. The Morgan fingerprint density at radius 1 is 1.21 bits per heavy atom. The van der Waals surface area contributed by atoms with Crippen molar-refractivity contribution in [1.29, 1.82) is 0 Å². The lowest BCUT2D eigenvalue weighted by molar-refractivity contribution is -0.143. The average molecular weight is 328 g/mol. The minimum absolute atomic E-state index is 0.0536. The first-order valence-electron chi connectivity index (χ1n) is 8.30. The maximum Gasteiger partial charge on any atom is 0.305 e. The summed E-state index contributed by atoms with van der Waals surface area (Å²) in [6.07, 6.45) is 1.21. The number of rotatable bonds is 7. The van der Waals surface area contributed by atoms with Crippen molar-refractivity contribution >= 4 is 22.8 Å². The highest BCUT2D eigenvalue weighted by Gasteiger charge is 2.12. The second kappa shape index (κ2) is 8.43. The van der Waals surface area contributed by atoms with Crippen LogP contribution in [0.4, 0.5) is 0 Å². The largest absolute Gasteiger partial charge is 0.466 e. The fourth-order valence-corrected chi connectivity index (χ4v) is 2.75. The first-order chi connectivity index (χ1) is 11.5. The molecular formula is C19H24N2O3. The van der Waals surface area contributed by atoms with Crippen LogP contribution in [0, 0.1) is 13.8 Å². The number of hydrogen-bond donors (Lipinski definition) is 1. The number of esters is 1. The lowest BCUT2D eigenvalue weighted by atomic mass is 9.99. The standard InChI is InChI=1S/C19H24N2O3/c1-4-24-19(23)10-7-11-20-18(22)12-16-13(2)15-8-5-6-9-17(15)21-14(16)3/h5-6,8-9H,4,7,10-12H2,1-3H3,(H,20,22). The van der Waals surface area contributed by atoms with E-state index in [1.807, 2.05) is 38.1 Å². The van der Waals surface area contributed by atoms with Crippen LogP contribution < -0.4 is 5.32 Å². The molecule has 128 valence electrons. The van der Waals surface area contributed by atoms with Gasteiger partial charge in [0, 0.05) is 24.0 Å². The van der Waals surface area contributed by atoms with E-state index in [2.05, 4.69) is 10.3 Å². The van der Waals surface area contributed by atoms with Gasteiger partial charge in [-0.1, -0.05) is 18.2 Å². The Bertz CT molecular complexity index is 741. The fourth-order valence-electron chi connectivity index (χ4n) is 2.75. The van der Waals surface area contributed by atoms with Crippen molar-refractivity contribution in [3.8, 4) is 0 Å². The number of nitrogens with one attached hydrogen (secondary N) is 1. The second-order valence-corrected chi connectivity index (χ2v) is 5.75. The first-order valence-corrected chi connectivity index (χ1v) is 8.30. The summed E-state index contributed by atoms with van der Waals surface area (Å²) < 4.78 is 4.86. The van der Waals surface area contributed by atoms with Gasteiger partial charge < -0.3 is 10.1 Å². The number of para-hydroxylation sites is 1. The van der Waals surface area contributed by atoms with E-state index in [1.54, 1.807) is 6.92 Å². The van der Waals surface area contributed by atoms with Gasteiger partial charge in [-0.05, 0) is 44.4 Å². The third kappa shape index (κ3) is 4.54. The summed E-state index contributed by atoms with van der Waals surface area (Å²) in [5, 5.41) is 3.93. The van der Waals surface area contributed by atoms with Crippen molar-refractivity contribution in [2.24, 2.45) is 0 Å². The lowest BCUT2D eigenvalue weighted by Crippen LogP contribution is -2.27. The summed E-state index contributed by atoms with van der Waals surface area (Å²) in [5.41, 5.74) is 3.90. The van der Waals surface area contributed by atoms with E-state index in [0.29, 0.717) is 32.4 Å². The smallest absolute Gasteiger partial charge is 0.305 e. The van der Waals surface area contributed by atoms with Gasteiger partial charge in [-0.25, -0.2) is 0 Å². The second-order valence-electron chi connectivity index (χ2n) is 5.75. The van der Waals surface area contributed by atoms with Crippen LogP contribution in [0.25, 0.3) is 10.9 Å². The molecule has 1 aromatic carbocycles. The summed E-state index contributed by atoms with van der Waals surface area (Å²) in [6.45, 7) is 6.60.